The van der Waals surface area contributed by atoms with E-state index in [1.807, 2.05) is 6.92 Å². The lowest BCUT2D eigenvalue weighted by Crippen LogP contribution is -2.12. The van der Waals surface area contributed by atoms with E-state index in [9.17, 15) is 4.79 Å². The van der Waals surface area contributed by atoms with Crippen molar-refractivity contribution < 1.29 is 9.90 Å². The van der Waals surface area contributed by atoms with Gasteiger partial charge in [-0.05, 0) is 18.1 Å². The minimum atomic E-state index is -0.931. The number of nitriles is 1. The molecule has 1 N–H and O–H groups in total. The summed E-state index contributed by atoms with van der Waals surface area (Å²) < 4.78 is 1.66. The van der Waals surface area contributed by atoms with Gasteiger partial charge in [-0.3, -0.25) is 0 Å². The topological polar surface area (TPSA) is 66.0 Å². The van der Waals surface area contributed by atoms with Crippen LogP contribution >= 0.6 is 0 Å². The van der Waals surface area contributed by atoms with Crippen molar-refractivity contribution in [3.05, 3.63) is 24.0 Å². The molecular formula is C10H12N2O2. The Bertz CT molecular complexity index is 362. The monoisotopic (exact) mass is 192 g/mol. The van der Waals surface area contributed by atoms with Crippen molar-refractivity contribution in [2.75, 3.05) is 0 Å². The number of hydrogen-bond acceptors (Lipinski definition) is 2. The van der Waals surface area contributed by atoms with Crippen molar-refractivity contribution in [2.45, 2.75) is 19.9 Å². The molecule has 1 rings (SSSR count). The van der Waals surface area contributed by atoms with Gasteiger partial charge in [-0.1, -0.05) is 6.92 Å². The van der Waals surface area contributed by atoms with E-state index in [-0.39, 0.29) is 11.6 Å². The fourth-order valence-electron chi connectivity index (χ4n) is 1.32. The molecule has 0 saturated carbocycles. The predicted molar refractivity (Wildman–Crippen MR) is 50.8 cm³/mol. The van der Waals surface area contributed by atoms with Crippen LogP contribution in [-0.2, 0) is 6.54 Å². The van der Waals surface area contributed by atoms with Crippen LogP contribution in [-0.4, -0.2) is 15.6 Å². The van der Waals surface area contributed by atoms with Crippen molar-refractivity contribution in [1.29, 1.82) is 5.26 Å². The summed E-state index contributed by atoms with van der Waals surface area (Å²) in [6, 6.07) is 5.32. The average molecular weight is 192 g/mol. The van der Waals surface area contributed by atoms with Crippen LogP contribution < -0.4 is 0 Å². The van der Waals surface area contributed by atoms with Gasteiger partial charge in [0.05, 0.1) is 6.07 Å². The van der Waals surface area contributed by atoms with Gasteiger partial charge >= 0.3 is 5.97 Å². The second-order valence-corrected chi connectivity index (χ2v) is 3.32. The second-order valence-electron chi connectivity index (χ2n) is 3.32. The number of aromatic nitrogens is 1. The molecule has 1 atom stereocenters. The van der Waals surface area contributed by atoms with E-state index in [1.165, 1.54) is 0 Å². The molecule has 4 nitrogen and oxygen atoms in total. The third kappa shape index (κ3) is 2.36. The highest BCUT2D eigenvalue weighted by molar-refractivity contribution is 5.85. The largest absolute Gasteiger partial charge is 0.477 e. The van der Waals surface area contributed by atoms with Crippen LogP contribution in [0, 0.1) is 17.2 Å². The zero-order chi connectivity index (χ0) is 10.6. The van der Waals surface area contributed by atoms with Crippen molar-refractivity contribution in [3.8, 4) is 6.07 Å². The van der Waals surface area contributed by atoms with Crippen LogP contribution in [0.25, 0.3) is 0 Å². The zero-order valence-corrected chi connectivity index (χ0v) is 7.97. The van der Waals surface area contributed by atoms with Crippen LogP contribution in [0.5, 0.6) is 0 Å². The van der Waals surface area contributed by atoms with E-state index in [0.717, 1.165) is 0 Å². The Hall–Kier alpha value is -1.76. The lowest BCUT2D eigenvalue weighted by molar-refractivity contribution is 0.0684. The first-order chi connectivity index (χ1) is 6.65. The summed E-state index contributed by atoms with van der Waals surface area (Å²) in [6.07, 6.45) is 2.16. The predicted octanol–water partition coefficient (Wildman–Crippen LogP) is 1.74. The summed E-state index contributed by atoms with van der Waals surface area (Å²) in [4.78, 5) is 10.7. The number of carboxylic acid groups (broad SMARTS) is 1. The molecule has 14 heavy (non-hydrogen) atoms. The Labute approximate surface area is 82.4 Å². The lowest BCUT2D eigenvalue weighted by atomic mass is 10.1. The van der Waals surface area contributed by atoms with Crippen LogP contribution in [0.15, 0.2) is 18.3 Å². The Balaban J connectivity index is 2.72. The average Bonchev–Trinajstić information content (AvgIpc) is 2.52. The van der Waals surface area contributed by atoms with Crippen molar-refractivity contribution in [2.24, 2.45) is 5.92 Å². The normalized spacial score (nSPS) is 12.0. The second kappa shape index (κ2) is 4.47. The van der Waals surface area contributed by atoms with E-state index in [2.05, 4.69) is 6.07 Å². The Kier molecular flexibility index (Phi) is 3.29. The molecule has 1 unspecified atom stereocenters. The molecule has 0 fully saturated rings. The molecule has 4 heteroatoms. The van der Waals surface area contributed by atoms with Gasteiger partial charge in [0, 0.05) is 19.2 Å². The molecular weight excluding hydrogens is 180 g/mol. The number of aromatic carboxylic acids is 1. The smallest absolute Gasteiger partial charge is 0.352 e. The van der Waals surface area contributed by atoms with E-state index < -0.39 is 5.97 Å². The molecule has 0 aliphatic carbocycles. The lowest BCUT2D eigenvalue weighted by Gasteiger charge is -2.10. The van der Waals surface area contributed by atoms with Crippen molar-refractivity contribution >= 4 is 5.97 Å². The first-order valence-corrected chi connectivity index (χ1v) is 4.40. The Morgan fingerprint density at radius 3 is 3.07 bits per heavy atom. The number of nitrogens with zero attached hydrogens (tertiary/aromatic N) is 2. The van der Waals surface area contributed by atoms with Gasteiger partial charge in [0.1, 0.15) is 5.69 Å². The maximum absolute atomic E-state index is 10.7. The Morgan fingerprint density at radius 1 is 1.79 bits per heavy atom. The van der Waals surface area contributed by atoms with E-state index in [4.69, 9.17) is 10.4 Å². The molecule has 0 aromatic carbocycles. The van der Waals surface area contributed by atoms with Crippen molar-refractivity contribution in [1.82, 2.24) is 4.57 Å². The maximum atomic E-state index is 10.7. The van der Waals surface area contributed by atoms with E-state index in [0.29, 0.717) is 13.0 Å². The quantitative estimate of drug-likeness (QED) is 0.790. The van der Waals surface area contributed by atoms with Gasteiger partial charge < -0.3 is 9.67 Å². The summed E-state index contributed by atoms with van der Waals surface area (Å²) >= 11 is 0. The summed E-state index contributed by atoms with van der Waals surface area (Å²) in [7, 11) is 0. The van der Waals surface area contributed by atoms with Crippen LogP contribution in [0.1, 0.15) is 23.8 Å². The molecule has 0 bridgehead atoms. The maximum Gasteiger partial charge on any atom is 0.352 e. The van der Waals surface area contributed by atoms with Crippen LogP contribution in [0.4, 0.5) is 0 Å². The molecule has 0 spiro atoms. The molecule has 1 heterocycles. The van der Waals surface area contributed by atoms with Gasteiger partial charge in [-0.15, -0.1) is 0 Å². The van der Waals surface area contributed by atoms with Gasteiger partial charge in [-0.25, -0.2) is 4.79 Å². The fourth-order valence-corrected chi connectivity index (χ4v) is 1.32. The number of rotatable bonds is 4. The van der Waals surface area contributed by atoms with Crippen LogP contribution in [0.2, 0.25) is 0 Å². The van der Waals surface area contributed by atoms with Gasteiger partial charge in [0.25, 0.3) is 0 Å². The van der Waals surface area contributed by atoms with Gasteiger partial charge in [0.15, 0.2) is 0 Å². The van der Waals surface area contributed by atoms with E-state index >= 15 is 0 Å². The number of hydrogen-bond donors (Lipinski definition) is 1. The van der Waals surface area contributed by atoms with Crippen LogP contribution in [0.3, 0.4) is 0 Å². The summed E-state index contributed by atoms with van der Waals surface area (Å²) in [5, 5.41) is 17.3. The van der Waals surface area contributed by atoms with Crippen molar-refractivity contribution in [3.63, 3.8) is 0 Å². The highest BCUT2D eigenvalue weighted by Crippen LogP contribution is 2.09. The minimum absolute atomic E-state index is 0.172. The first-order valence-electron chi connectivity index (χ1n) is 4.40. The summed E-state index contributed by atoms with van der Waals surface area (Å²) in [5.41, 5.74) is 0.273. The molecule has 74 valence electrons. The molecule has 1 aromatic rings. The summed E-state index contributed by atoms with van der Waals surface area (Å²) in [5.74, 6) is -0.760. The van der Waals surface area contributed by atoms with E-state index in [1.54, 1.807) is 22.9 Å². The first kappa shape index (κ1) is 10.3. The molecule has 0 amide bonds. The number of carbonyl (C=O) groups is 1. The Morgan fingerprint density at radius 2 is 2.50 bits per heavy atom. The van der Waals surface area contributed by atoms with Gasteiger partial charge in [-0.2, -0.15) is 5.26 Å². The SMILES string of the molecule is CC(CC#N)Cn1cccc1C(=O)O. The third-order valence-corrected chi connectivity index (χ3v) is 2.00. The molecule has 0 aliphatic rings. The minimum Gasteiger partial charge on any atom is -0.477 e. The molecule has 0 saturated heterocycles. The summed E-state index contributed by atoms with van der Waals surface area (Å²) in [6.45, 7) is 2.50. The highest BCUT2D eigenvalue weighted by Gasteiger charge is 2.10. The third-order valence-electron chi connectivity index (χ3n) is 2.00. The standard InChI is InChI=1S/C10H12N2O2/c1-8(4-5-11)7-12-6-2-3-9(12)10(13)14/h2-3,6,8H,4,7H2,1H3,(H,13,14). The molecule has 0 aliphatic heterocycles. The van der Waals surface area contributed by atoms with Gasteiger partial charge in [0.2, 0.25) is 0 Å². The molecule has 1 aromatic heterocycles. The highest BCUT2D eigenvalue weighted by atomic mass is 16.4. The number of carboxylic acids is 1. The fraction of sp³-hybridized carbons (Fsp3) is 0.400. The zero-order valence-electron chi connectivity index (χ0n) is 7.97. The molecule has 0 radical (unpaired) electrons.